The summed E-state index contributed by atoms with van der Waals surface area (Å²) in [5.41, 5.74) is 1.65. The first-order chi connectivity index (χ1) is 7.49. The molecule has 86 valence electrons. The minimum absolute atomic E-state index is 0.00866. The summed E-state index contributed by atoms with van der Waals surface area (Å²) in [4.78, 5) is 22.0. The molecule has 1 aromatic carbocycles. The van der Waals surface area contributed by atoms with Crippen LogP contribution in [0, 0.1) is 6.92 Å². The van der Waals surface area contributed by atoms with Gasteiger partial charge in [0.2, 0.25) is 0 Å². The van der Waals surface area contributed by atoms with Crippen molar-refractivity contribution < 1.29 is 14.7 Å². The van der Waals surface area contributed by atoms with Crippen molar-refractivity contribution in [2.24, 2.45) is 0 Å². The first-order valence-corrected chi connectivity index (χ1v) is 5.80. The summed E-state index contributed by atoms with van der Waals surface area (Å²) in [5.74, 6) is -0.871. The van der Waals surface area contributed by atoms with E-state index in [4.69, 9.17) is 5.11 Å². The van der Waals surface area contributed by atoms with Crippen molar-refractivity contribution in [3.63, 3.8) is 0 Å². The minimum Gasteiger partial charge on any atom is -0.481 e. The highest BCUT2D eigenvalue weighted by Gasteiger charge is 2.08. The molecule has 0 aromatic heterocycles. The smallest absolute Gasteiger partial charge is 0.303 e. The summed E-state index contributed by atoms with van der Waals surface area (Å²) in [6.45, 7) is 1.92. The number of carboxylic acids is 1. The van der Waals surface area contributed by atoms with Gasteiger partial charge in [-0.05, 0) is 37.1 Å². The van der Waals surface area contributed by atoms with Crippen LogP contribution in [0.4, 0.5) is 0 Å². The van der Waals surface area contributed by atoms with Crippen LogP contribution in [-0.4, -0.2) is 16.9 Å². The van der Waals surface area contributed by atoms with E-state index < -0.39 is 5.97 Å². The van der Waals surface area contributed by atoms with Gasteiger partial charge in [0, 0.05) is 22.9 Å². The Balaban J connectivity index is 2.62. The predicted octanol–water partition coefficient (Wildman–Crippen LogP) is 3.20. The molecule has 0 fully saturated rings. The summed E-state index contributed by atoms with van der Waals surface area (Å²) >= 11 is 3.33. The lowest BCUT2D eigenvalue weighted by molar-refractivity contribution is -0.137. The molecule has 3 nitrogen and oxygen atoms in total. The number of aryl methyl sites for hydroxylation is 1. The maximum absolute atomic E-state index is 11.7. The predicted molar refractivity (Wildman–Crippen MR) is 64.7 cm³/mol. The van der Waals surface area contributed by atoms with E-state index in [1.165, 1.54) is 0 Å². The van der Waals surface area contributed by atoms with Crippen LogP contribution in [-0.2, 0) is 4.79 Å². The molecule has 0 aliphatic rings. The van der Waals surface area contributed by atoms with Crippen LogP contribution in [0.15, 0.2) is 22.7 Å². The number of carbonyl (C=O) groups excluding carboxylic acids is 1. The molecular weight excluding hydrogens is 272 g/mol. The van der Waals surface area contributed by atoms with Crippen molar-refractivity contribution in [1.29, 1.82) is 0 Å². The molecule has 0 bridgehead atoms. The fourth-order valence-corrected chi connectivity index (χ4v) is 2.05. The highest BCUT2D eigenvalue weighted by Crippen LogP contribution is 2.17. The molecule has 0 saturated carbocycles. The molecule has 0 saturated heterocycles. The average Bonchev–Trinajstić information content (AvgIpc) is 2.15. The van der Waals surface area contributed by atoms with E-state index in [1.54, 1.807) is 6.07 Å². The normalized spacial score (nSPS) is 10.1. The summed E-state index contributed by atoms with van der Waals surface area (Å²) in [6.07, 6.45) is 0.709. The second-order valence-corrected chi connectivity index (χ2v) is 4.60. The Morgan fingerprint density at radius 2 is 1.94 bits per heavy atom. The average molecular weight is 285 g/mol. The first-order valence-electron chi connectivity index (χ1n) is 5.01. The summed E-state index contributed by atoms with van der Waals surface area (Å²) in [6, 6.07) is 5.50. The van der Waals surface area contributed by atoms with Gasteiger partial charge in [-0.2, -0.15) is 0 Å². The van der Waals surface area contributed by atoms with Gasteiger partial charge in [-0.15, -0.1) is 0 Å². The number of Topliss-reactive ketones (excluding diaryl/α,β-unsaturated/α-hetero) is 1. The van der Waals surface area contributed by atoms with Crippen LogP contribution in [0.3, 0.4) is 0 Å². The van der Waals surface area contributed by atoms with Crippen molar-refractivity contribution in [1.82, 2.24) is 0 Å². The lowest BCUT2D eigenvalue weighted by Gasteiger charge is -2.02. The molecule has 0 unspecified atom stereocenters. The number of ketones is 1. The summed E-state index contributed by atoms with van der Waals surface area (Å²) in [5, 5.41) is 8.47. The van der Waals surface area contributed by atoms with Crippen molar-refractivity contribution in [2.45, 2.75) is 26.2 Å². The Hall–Kier alpha value is -1.16. The first kappa shape index (κ1) is 12.9. The summed E-state index contributed by atoms with van der Waals surface area (Å²) < 4.78 is 0.870. The standard InChI is InChI=1S/C12H13BrO3/c1-8-5-9(7-10(13)6-8)11(14)3-2-4-12(15)16/h5-7H,2-4H2,1H3,(H,15,16). The number of aliphatic carboxylic acids is 1. The Kier molecular flexibility index (Phi) is 4.68. The van der Waals surface area contributed by atoms with Crippen molar-refractivity contribution in [3.8, 4) is 0 Å². The lowest BCUT2D eigenvalue weighted by Crippen LogP contribution is -2.02. The van der Waals surface area contributed by atoms with Gasteiger partial charge in [-0.3, -0.25) is 9.59 Å². The number of carbonyl (C=O) groups is 2. The second-order valence-electron chi connectivity index (χ2n) is 3.69. The molecule has 16 heavy (non-hydrogen) atoms. The van der Waals surface area contributed by atoms with Crippen LogP contribution in [0.1, 0.15) is 35.2 Å². The molecule has 4 heteroatoms. The van der Waals surface area contributed by atoms with Crippen molar-refractivity contribution in [2.75, 3.05) is 0 Å². The van der Waals surface area contributed by atoms with Gasteiger partial charge in [-0.1, -0.05) is 15.9 Å². The Morgan fingerprint density at radius 3 is 2.50 bits per heavy atom. The van der Waals surface area contributed by atoms with Gasteiger partial charge in [0.15, 0.2) is 5.78 Å². The Morgan fingerprint density at radius 1 is 1.25 bits per heavy atom. The third kappa shape index (κ3) is 4.14. The highest BCUT2D eigenvalue weighted by atomic mass is 79.9. The Bertz CT molecular complexity index is 392. The van der Waals surface area contributed by atoms with E-state index in [-0.39, 0.29) is 18.6 Å². The number of halogens is 1. The van der Waals surface area contributed by atoms with Crippen LogP contribution in [0.25, 0.3) is 0 Å². The molecule has 0 heterocycles. The van der Waals surface area contributed by atoms with E-state index in [0.29, 0.717) is 12.0 Å². The van der Waals surface area contributed by atoms with Crippen LogP contribution < -0.4 is 0 Å². The zero-order valence-electron chi connectivity index (χ0n) is 9.00. The molecule has 0 aliphatic carbocycles. The third-order valence-corrected chi connectivity index (χ3v) is 2.62. The van der Waals surface area contributed by atoms with E-state index in [2.05, 4.69) is 15.9 Å². The van der Waals surface area contributed by atoms with Gasteiger partial charge < -0.3 is 5.11 Å². The molecule has 0 amide bonds. The van der Waals surface area contributed by atoms with E-state index >= 15 is 0 Å². The van der Waals surface area contributed by atoms with Gasteiger partial charge >= 0.3 is 5.97 Å². The number of benzene rings is 1. The SMILES string of the molecule is Cc1cc(Br)cc(C(=O)CCCC(=O)O)c1. The largest absolute Gasteiger partial charge is 0.481 e. The van der Waals surface area contributed by atoms with Crippen molar-refractivity contribution in [3.05, 3.63) is 33.8 Å². The molecule has 0 radical (unpaired) electrons. The topological polar surface area (TPSA) is 54.4 Å². The van der Waals surface area contributed by atoms with Crippen molar-refractivity contribution >= 4 is 27.7 Å². The summed E-state index contributed by atoms with van der Waals surface area (Å²) in [7, 11) is 0. The van der Waals surface area contributed by atoms with Crippen LogP contribution >= 0.6 is 15.9 Å². The molecule has 1 N–H and O–H groups in total. The fourth-order valence-electron chi connectivity index (χ4n) is 1.44. The lowest BCUT2D eigenvalue weighted by atomic mass is 10.0. The zero-order chi connectivity index (χ0) is 12.1. The number of carboxylic acid groups (broad SMARTS) is 1. The monoisotopic (exact) mass is 284 g/mol. The van der Waals surface area contributed by atoms with Gasteiger partial charge in [0.05, 0.1) is 0 Å². The van der Waals surface area contributed by atoms with E-state index in [1.807, 2.05) is 19.1 Å². The number of rotatable bonds is 5. The van der Waals surface area contributed by atoms with E-state index in [9.17, 15) is 9.59 Å². The molecule has 0 spiro atoms. The second kappa shape index (κ2) is 5.80. The molecule has 1 rings (SSSR count). The maximum atomic E-state index is 11.7. The minimum atomic E-state index is -0.863. The van der Waals surface area contributed by atoms with Crippen LogP contribution in [0.2, 0.25) is 0 Å². The fraction of sp³-hybridized carbons (Fsp3) is 0.333. The maximum Gasteiger partial charge on any atom is 0.303 e. The number of hydrogen-bond acceptors (Lipinski definition) is 2. The van der Waals surface area contributed by atoms with Crippen LogP contribution in [0.5, 0.6) is 0 Å². The van der Waals surface area contributed by atoms with Gasteiger partial charge in [0.25, 0.3) is 0 Å². The highest BCUT2D eigenvalue weighted by molar-refractivity contribution is 9.10. The Labute approximate surface area is 103 Å². The molecular formula is C12H13BrO3. The third-order valence-electron chi connectivity index (χ3n) is 2.16. The molecule has 1 aromatic rings. The quantitative estimate of drug-likeness (QED) is 0.845. The molecule has 0 aliphatic heterocycles. The zero-order valence-corrected chi connectivity index (χ0v) is 10.6. The van der Waals surface area contributed by atoms with Gasteiger partial charge in [0.1, 0.15) is 0 Å². The number of hydrogen-bond donors (Lipinski definition) is 1. The van der Waals surface area contributed by atoms with E-state index in [0.717, 1.165) is 10.0 Å². The molecule has 0 atom stereocenters. The van der Waals surface area contributed by atoms with Gasteiger partial charge in [-0.25, -0.2) is 0 Å².